The van der Waals surface area contributed by atoms with E-state index < -0.39 is 15.7 Å². The lowest BCUT2D eigenvalue weighted by Gasteiger charge is -2.09. The molecule has 0 bridgehead atoms. The van der Waals surface area contributed by atoms with Gasteiger partial charge in [-0.1, -0.05) is 18.3 Å². The van der Waals surface area contributed by atoms with Gasteiger partial charge < -0.3 is 14.0 Å². The Bertz CT molecular complexity index is 1260. The van der Waals surface area contributed by atoms with Crippen LogP contribution in [-0.4, -0.2) is 50.9 Å². The van der Waals surface area contributed by atoms with E-state index in [9.17, 15) is 13.2 Å². The normalized spacial score (nSPS) is 12.3. The highest BCUT2D eigenvalue weighted by molar-refractivity contribution is 7.98. The van der Waals surface area contributed by atoms with Crippen LogP contribution in [0.5, 0.6) is 11.5 Å². The minimum Gasteiger partial charge on any atom is -0.493 e. The molecule has 0 saturated heterocycles. The number of thioether (sulfide) groups is 1. The molecule has 0 aliphatic heterocycles. The highest BCUT2D eigenvalue weighted by Crippen LogP contribution is 2.33. The third kappa shape index (κ3) is 4.97. The van der Waals surface area contributed by atoms with Crippen LogP contribution >= 0.6 is 23.1 Å². The van der Waals surface area contributed by atoms with Crippen molar-refractivity contribution < 1.29 is 22.7 Å². The van der Waals surface area contributed by atoms with Crippen LogP contribution in [0.15, 0.2) is 46.3 Å². The minimum atomic E-state index is -3.32. The summed E-state index contributed by atoms with van der Waals surface area (Å²) in [7, 11) is -0.155. The molecule has 0 aliphatic carbocycles. The highest BCUT2D eigenvalue weighted by atomic mass is 32.2. The number of sulfone groups is 1. The van der Waals surface area contributed by atoms with Crippen molar-refractivity contribution in [2.45, 2.75) is 18.4 Å². The SMILES string of the molecule is CCS(=O)(=O)c1ccc(C(=O)N=c2sc3cc(OC)c(OC)cc3n2CCSC)cc1. The molecule has 7 nitrogen and oxygen atoms in total. The molecule has 0 spiro atoms. The number of nitrogens with zero attached hydrogens (tertiary/aromatic N) is 2. The maximum absolute atomic E-state index is 12.8. The fourth-order valence-electron chi connectivity index (χ4n) is 3.00. The van der Waals surface area contributed by atoms with Crippen molar-refractivity contribution in [2.75, 3.05) is 32.0 Å². The number of rotatable bonds is 8. The second kappa shape index (κ2) is 9.88. The van der Waals surface area contributed by atoms with E-state index in [0.29, 0.717) is 28.4 Å². The van der Waals surface area contributed by atoms with Gasteiger partial charge in [-0.15, -0.1) is 0 Å². The van der Waals surface area contributed by atoms with Crippen LogP contribution in [0.25, 0.3) is 10.2 Å². The maximum atomic E-state index is 12.8. The van der Waals surface area contributed by atoms with Crippen LogP contribution in [0.4, 0.5) is 0 Å². The fourth-order valence-corrected chi connectivity index (χ4v) is 5.32. The number of ether oxygens (including phenoxy) is 2. The zero-order valence-electron chi connectivity index (χ0n) is 17.7. The molecule has 0 N–H and O–H groups in total. The molecule has 0 fully saturated rings. The van der Waals surface area contributed by atoms with E-state index in [4.69, 9.17) is 9.47 Å². The van der Waals surface area contributed by atoms with Crippen molar-refractivity contribution >= 4 is 49.1 Å². The van der Waals surface area contributed by atoms with Gasteiger partial charge in [-0.05, 0) is 30.5 Å². The van der Waals surface area contributed by atoms with Gasteiger partial charge in [0.25, 0.3) is 5.91 Å². The molecular weight excluding hydrogens is 456 g/mol. The van der Waals surface area contributed by atoms with E-state index in [1.165, 1.54) is 35.6 Å². The molecule has 0 aliphatic rings. The zero-order valence-corrected chi connectivity index (χ0v) is 20.2. The van der Waals surface area contributed by atoms with E-state index in [1.54, 1.807) is 32.9 Å². The third-order valence-electron chi connectivity index (χ3n) is 4.74. The number of benzene rings is 2. The van der Waals surface area contributed by atoms with Crippen molar-refractivity contribution in [3.8, 4) is 11.5 Å². The van der Waals surface area contributed by atoms with E-state index in [2.05, 4.69) is 4.99 Å². The van der Waals surface area contributed by atoms with Gasteiger partial charge in [0, 0.05) is 30.0 Å². The fraction of sp³-hybridized carbons (Fsp3) is 0.333. The first kappa shape index (κ1) is 23.4. The maximum Gasteiger partial charge on any atom is 0.279 e. The van der Waals surface area contributed by atoms with Gasteiger partial charge in [-0.2, -0.15) is 16.8 Å². The first-order valence-corrected chi connectivity index (χ1v) is 13.4. The predicted molar refractivity (Wildman–Crippen MR) is 125 cm³/mol. The average molecular weight is 481 g/mol. The molecule has 0 atom stereocenters. The number of carbonyl (C=O) groups excluding carboxylic acids is 1. The van der Waals surface area contributed by atoms with Crippen molar-refractivity contribution in [3.63, 3.8) is 0 Å². The summed E-state index contributed by atoms with van der Waals surface area (Å²) < 4.78 is 37.7. The van der Waals surface area contributed by atoms with Crippen LogP contribution < -0.4 is 14.3 Å². The number of carbonyl (C=O) groups is 1. The van der Waals surface area contributed by atoms with Gasteiger partial charge in [-0.25, -0.2) is 8.42 Å². The van der Waals surface area contributed by atoms with Gasteiger partial charge in [0.1, 0.15) is 0 Å². The quantitative estimate of drug-likeness (QED) is 0.489. The van der Waals surface area contributed by atoms with Gasteiger partial charge in [-0.3, -0.25) is 4.79 Å². The number of hydrogen-bond acceptors (Lipinski definition) is 7. The van der Waals surface area contributed by atoms with Crippen molar-refractivity contribution in [3.05, 3.63) is 46.8 Å². The monoisotopic (exact) mass is 480 g/mol. The summed E-state index contributed by atoms with van der Waals surface area (Å²) in [5.74, 6) is 1.65. The van der Waals surface area contributed by atoms with E-state index >= 15 is 0 Å². The number of fused-ring (bicyclic) bond motifs is 1. The number of methoxy groups -OCH3 is 2. The van der Waals surface area contributed by atoms with Crippen molar-refractivity contribution in [1.82, 2.24) is 4.57 Å². The molecule has 1 amide bonds. The topological polar surface area (TPSA) is 87.0 Å². The molecule has 0 unspecified atom stereocenters. The van der Waals surface area contributed by atoms with E-state index in [-0.39, 0.29) is 10.6 Å². The van der Waals surface area contributed by atoms with Gasteiger partial charge in [0.05, 0.1) is 35.1 Å². The Morgan fingerprint density at radius 2 is 1.77 bits per heavy atom. The lowest BCUT2D eigenvalue weighted by Crippen LogP contribution is -2.18. The molecule has 2 aromatic carbocycles. The van der Waals surface area contributed by atoms with Gasteiger partial charge in [0.2, 0.25) is 0 Å². The van der Waals surface area contributed by atoms with Crippen LogP contribution in [0.2, 0.25) is 0 Å². The predicted octanol–water partition coefficient (Wildman–Crippen LogP) is 3.62. The molecule has 0 saturated carbocycles. The Hall–Kier alpha value is -2.30. The summed E-state index contributed by atoms with van der Waals surface area (Å²) in [5.41, 5.74) is 1.24. The number of aryl methyl sites for hydroxylation is 1. The highest BCUT2D eigenvalue weighted by Gasteiger charge is 2.15. The smallest absolute Gasteiger partial charge is 0.279 e. The molecule has 3 aromatic rings. The average Bonchev–Trinajstić information content (AvgIpc) is 3.12. The Morgan fingerprint density at radius 3 is 2.35 bits per heavy atom. The second-order valence-electron chi connectivity index (χ2n) is 6.55. The van der Waals surface area contributed by atoms with Crippen molar-refractivity contribution in [2.24, 2.45) is 4.99 Å². The van der Waals surface area contributed by atoms with Crippen LogP contribution in [0, 0.1) is 0 Å². The summed E-state index contributed by atoms with van der Waals surface area (Å²) >= 11 is 3.09. The van der Waals surface area contributed by atoms with Gasteiger partial charge in [0.15, 0.2) is 26.1 Å². The molecule has 1 aromatic heterocycles. The van der Waals surface area contributed by atoms with E-state index in [0.717, 1.165) is 16.0 Å². The molecule has 0 radical (unpaired) electrons. The first-order chi connectivity index (χ1) is 14.8. The largest absolute Gasteiger partial charge is 0.493 e. The van der Waals surface area contributed by atoms with Crippen LogP contribution in [0.1, 0.15) is 17.3 Å². The Balaban J connectivity index is 2.08. The Kier molecular flexibility index (Phi) is 7.45. The Labute approximate surface area is 189 Å². The molecule has 1 heterocycles. The number of thiazole rings is 1. The lowest BCUT2D eigenvalue weighted by atomic mass is 10.2. The summed E-state index contributed by atoms with van der Waals surface area (Å²) in [6.45, 7) is 2.26. The first-order valence-electron chi connectivity index (χ1n) is 9.50. The summed E-state index contributed by atoms with van der Waals surface area (Å²) in [6, 6.07) is 9.66. The molecule has 31 heavy (non-hydrogen) atoms. The number of hydrogen-bond donors (Lipinski definition) is 0. The van der Waals surface area contributed by atoms with Crippen LogP contribution in [0.3, 0.4) is 0 Å². The minimum absolute atomic E-state index is 0.00875. The molecule has 166 valence electrons. The molecule has 3 rings (SSSR count). The number of amides is 1. The summed E-state index contributed by atoms with van der Waals surface area (Å²) in [5, 5.41) is 0. The van der Waals surface area contributed by atoms with Gasteiger partial charge >= 0.3 is 0 Å². The standard InChI is InChI=1S/C21H24N2O5S3/c1-5-31(25,26)15-8-6-14(7-9-15)20(24)22-21-23(10-11-29-4)16-12-17(27-2)18(28-3)13-19(16)30-21/h6-9,12-13H,5,10-11H2,1-4H3. The van der Waals surface area contributed by atoms with Crippen molar-refractivity contribution in [1.29, 1.82) is 0 Å². The zero-order chi connectivity index (χ0) is 22.6. The third-order valence-corrected chi connectivity index (χ3v) is 8.13. The number of aromatic nitrogens is 1. The summed E-state index contributed by atoms with van der Waals surface area (Å²) in [6.07, 6.45) is 2.02. The summed E-state index contributed by atoms with van der Waals surface area (Å²) in [4.78, 5) is 17.9. The Morgan fingerprint density at radius 1 is 1.13 bits per heavy atom. The lowest BCUT2D eigenvalue weighted by molar-refractivity contribution is 0.0997. The molecular formula is C21H24N2O5S3. The molecule has 10 heteroatoms. The second-order valence-corrected chi connectivity index (χ2v) is 10.8. The van der Waals surface area contributed by atoms with E-state index in [1.807, 2.05) is 23.0 Å². The van der Waals surface area contributed by atoms with Crippen LogP contribution in [-0.2, 0) is 16.4 Å².